The van der Waals surface area contributed by atoms with E-state index < -0.39 is 5.74 Å². The van der Waals surface area contributed by atoms with Crippen molar-refractivity contribution < 1.29 is 4.52 Å². The third-order valence-electron chi connectivity index (χ3n) is 1.39. The van der Waals surface area contributed by atoms with Crippen molar-refractivity contribution in [1.29, 1.82) is 0 Å². The average molecular weight is 225 g/mol. The molecule has 1 nitrogen and oxygen atoms in total. The van der Waals surface area contributed by atoms with Crippen molar-refractivity contribution in [3.05, 3.63) is 12.7 Å². The van der Waals surface area contributed by atoms with Crippen LogP contribution in [-0.2, 0) is 4.52 Å². The molecule has 0 aliphatic rings. The van der Waals surface area contributed by atoms with Crippen molar-refractivity contribution in [3.63, 3.8) is 0 Å². The van der Waals surface area contributed by atoms with Gasteiger partial charge < -0.3 is 0 Å². The minimum atomic E-state index is -1.14. The van der Waals surface area contributed by atoms with Gasteiger partial charge in [-0.1, -0.05) is 0 Å². The molecule has 10 heavy (non-hydrogen) atoms. The van der Waals surface area contributed by atoms with Crippen LogP contribution in [0.4, 0.5) is 0 Å². The van der Waals surface area contributed by atoms with Gasteiger partial charge in [0, 0.05) is 0 Å². The van der Waals surface area contributed by atoms with E-state index in [1.54, 1.807) is 6.08 Å². The topological polar surface area (TPSA) is 9.23 Å². The predicted molar refractivity (Wildman–Crippen MR) is 49.9 cm³/mol. The van der Waals surface area contributed by atoms with Crippen LogP contribution in [0.15, 0.2) is 12.7 Å². The van der Waals surface area contributed by atoms with Crippen LogP contribution < -0.4 is 0 Å². The van der Waals surface area contributed by atoms with Crippen LogP contribution in [0.1, 0.15) is 13.8 Å². The molecule has 0 saturated carbocycles. The third kappa shape index (κ3) is 3.73. The second kappa shape index (κ2) is 5.32. The molecule has 3 heteroatoms. The first-order valence-corrected chi connectivity index (χ1v) is 7.81. The zero-order valence-electron chi connectivity index (χ0n) is 6.67. The quantitative estimate of drug-likeness (QED) is 0.396. The second-order valence-electron chi connectivity index (χ2n) is 2.03. The normalized spacial score (nSPS) is 11.4. The van der Waals surface area contributed by atoms with E-state index in [-0.39, 0.29) is 0 Å². The molecule has 60 valence electrons. The zero-order valence-corrected chi connectivity index (χ0v) is 9.28. The molecule has 0 fully saturated rings. The van der Waals surface area contributed by atoms with Gasteiger partial charge in [-0.05, 0) is 0 Å². The average Bonchev–Trinajstić information content (AvgIpc) is 2.00. The fourth-order valence-corrected chi connectivity index (χ4v) is 2.17. The molecule has 0 N–H and O–H groups in total. The van der Waals surface area contributed by atoms with Gasteiger partial charge in [-0.3, -0.25) is 0 Å². The van der Waals surface area contributed by atoms with E-state index in [9.17, 15) is 0 Å². The van der Waals surface area contributed by atoms with Crippen LogP contribution in [-0.4, -0.2) is 34.0 Å². The van der Waals surface area contributed by atoms with Crippen LogP contribution in [0.25, 0.3) is 0 Å². The van der Waals surface area contributed by atoms with Crippen LogP contribution in [0.2, 0.25) is 0 Å². The van der Waals surface area contributed by atoms with Crippen molar-refractivity contribution >= 4 is 20.8 Å². The Bertz CT molecular complexity index is 137. The molecule has 0 amide bonds. The molecule has 0 spiro atoms. The van der Waals surface area contributed by atoms with Crippen molar-refractivity contribution in [2.75, 3.05) is 18.9 Å². The Morgan fingerprint density at radius 2 is 2.00 bits per heavy atom. The molecule has 0 unspecified atom stereocenters. The molecule has 0 rings (SSSR count). The van der Waals surface area contributed by atoms with Crippen LogP contribution in [0.5, 0.6) is 0 Å². The molecule has 0 radical (unpaired) electrons. The Balaban J connectivity index is 3.81. The summed E-state index contributed by atoms with van der Waals surface area (Å²) in [4.78, 5) is 0. The summed E-state index contributed by atoms with van der Waals surface area (Å²) in [5.74, 6) is 0. The Hall–Kier alpha value is 0.649. The van der Waals surface area contributed by atoms with E-state index in [0.717, 1.165) is 12.3 Å². The van der Waals surface area contributed by atoms with Gasteiger partial charge in [0.2, 0.25) is 0 Å². The van der Waals surface area contributed by atoms with E-state index in [2.05, 4.69) is 35.5 Å². The van der Waals surface area contributed by atoms with E-state index in [1.807, 2.05) is 0 Å². The Kier molecular flexibility index (Phi) is 5.66. The van der Waals surface area contributed by atoms with Crippen LogP contribution in [0, 0.1) is 0 Å². The molecular weight excluding hydrogens is 210 g/mol. The molecule has 0 aliphatic heterocycles. The molecule has 0 bridgehead atoms. The molecule has 0 heterocycles. The van der Waals surface area contributed by atoms with Crippen molar-refractivity contribution in [2.45, 2.75) is 13.8 Å². The first-order chi connectivity index (χ1) is 4.68. The van der Waals surface area contributed by atoms with Gasteiger partial charge in [-0.25, -0.2) is 0 Å². The summed E-state index contributed by atoms with van der Waals surface area (Å²) in [5, 5.41) is 0. The summed E-state index contributed by atoms with van der Waals surface area (Å²) >= 11 is 3.17. The summed E-state index contributed by atoms with van der Waals surface area (Å²) < 4.78 is 5.61. The number of hydrogen-bond donors (Lipinski definition) is 0. The van der Waals surface area contributed by atoms with Gasteiger partial charge in [0.05, 0.1) is 0 Å². The van der Waals surface area contributed by atoms with Gasteiger partial charge >= 0.3 is 70.8 Å². The van der Waals surface area contributed by atoms with Gasteiger partial charge in [0.1, 0.15) is 0 Å². The van der Waals surface area contributed by atoms with Gasteiger partial charge in [-0.15, -0.1) is 0 Å². The fraction of sp³-hybridized carbons (Fsp3) is 0.714. The Morgan fingerprint density at radius 3 is 2.30 bits per heavy atom. The van der Waals surface area contributed by atoms with E-state index in [0.29, 0.717) is 6.61 Å². The number of hydrogen-bond acceptors (Lipinski definition) is 1. The summed E-state index contributed by atoms with van der Waals surface area (Å²) in [7, 11) is 0. The van der Waals surface area contributed by atoms with Gasteiger partial charge in [-0.2, -0.15) is 0 Å². The standard InChI is InChI=1S/C7H15OPSe/c1-4-7-8-9(10,5-2)6-3/h4H,1,5-7H2,2-3H3. The maximum absolute atomic E-state index is 5.61. The SMILES string of the molecule is C=CCOP(=[Se])(CC)CC. The fourth-order valence-electron chi connectivity index (χ4n) is 0.595. The molecule has 0 aromatic carbocycles. The molecule has 0 atom stereocenters. The maximum atomic E-state index is 5.61. The molecule has 0 aliphatic carbocycles. The van der Waals surface area contributed by atoms with Crippen LogP contribution >= 0.6 is 5.74 Å². The van der Waals surface area contributed by atoms with Gasteiger partial charge in [0.25, 0.3) is 0 Å². The van der Waals surface area contributed by atoms with E-state index in [4.69, 9.17) is 4.52 Å². The molecular formula is C7H15OPSe. The van der Waals surface area contributed by atoms with Crippen LogP contribution in [0.3, 0.4) is 0 Å². The Morgan fingerprint density at radius 1 is 1.50 bits per heavy atom. The minimum absolute atomic E-state index is 0.683. The zero-order chi connectivity index (χ0) is 8.04. The van der Waals surface area contributed by atoms with E-state index >= 15 is 0 Å². The molecule has 0 saturated heterocycles. The summed E-state index contributed by atoms with van der Waals surface area (Å²) in [6.45, 7) is 8.62. The first-order valence-electron chi connectivity index (χ1n) is 3.52. The number of rotatable bonds is 5. The first kappa shape index (κ1) is 10.6. The van der Waals surface area contributed by atoms with Crippen molar-refractivity contribution in [1.82, 2.24) is 0 Å². The molecule has 0 aromatic rings. The summed E-state index contributed by atoms with van der Waals surface area (Å²) in [5.41, 5.74) is -1.14. The Labute approximate surface area is 71.2 Å². The monoisotopic (exact) mass is 226 g/mol. The predicted octanol–water partition coefficient (Wildman–Crippen LogP) is 2.24. The third-order valence-corrected chi connectivity index (χ3v) is 7.85. The van der Waals surface area contributed by atoms with Crippen molar-refractivity contribution in [3.8, 4) is 0 Å². The second-order valence-corrected chi connectivity index (χ2v) is 9.37. The van der Waals surface area contributed by atoms with Gasteiger partial charge in [0.15, 0.2) is 0 Å². The van der Waals surface area contributed by atoms with Crippen molar-refractivity contribution in [2.24, 2.45) is 0 Å². The summed E-state index contributed by atoms with van der Waals surface area (Å²) in [6.07, 6.45) is 4.05. The van der Waals surface area contributed by atoms with E-state index in [1.165, 1.54) is 0 Å². The summed E-state index contributed by atoms with van der Waals surface area (Å²) in [6, 6.07) is 0. The molecule has 0 aromatic heterocycles.